The third-order valence-corrected chi connectivity index (χ3v) is 2.66. The van der Waals surface area contributed by atoms with Gasteiger partial charge in [0.05, 0.1) is 16.7 Å². The number of nitrogens with one attached hydrogen (secondary N) is 1. The standard InChI is InChI=1S/C12H16Cl2FNO/c1-7(16-17-12(2,3)4)8-5-11(15)10(14)6-9(8)13/h5-7,16H,1-4H3. The van der Waals surface area contributed by atoms with Gasteiger partial charge in [0.15, 0.2) is 0 Å². The SMILES string of the molecule is CC(NOC(C)(C)C)c1cc(F)c(Cl)cc1Cl. The molecule has 1 N–H and O–H groups in total. The van der Waals surface area contributed by atoms with E-state index in [-0.39, 0.29) is 16.7 Å². The highest BCUT2D eigenvalue weighted by molar-refractivity contribution is 6.35. The van der Waals surface area contributed by atoms with Gasteiger partial charge in [-0.1, -0.05) is 23.2 Å². The first-order valence-electron chi connectivity index (χ1n) is 5.28. The third-order valence-electron chi connectivity index (χ3n) is 2.05. The Hall–Kier alpha value is -0.350. The summed E-state index contributed by atoms with van der Waals surface area (Å²) < 4.78 is 13.3. The summed E-state index contributed by atoms with van der Waals surface area (Å²) in [5.74, 6) is -0.490. The lowest BCUT2D eigenvalue weighted by Gasteiger charge is -2.23. The van der Waals surface area contributed by atoms with Gasteiger partial charge in [-0.2, -0.15) is 5.48 Å². The van der Waals surface area contributed by atoms with E-state index < -0.39 is 5.82 Å². The van der Waals surface area contributed by atoms with Crippen LogP contribution in [0.2, 0.25) is 10.0 Å². The number of hydrogen-bond donors (Lipinski definition) is 1. The molecule has 1 atom stereocenters. The number of halogens is 3. The van der Waals surface area contributed by atoms with Gasteiger partial charge in [0.1, 0.15) is 5.82 Å². The quantitative estimate of drug-likeness (QED) is 0.649. The van der Waals surface area contributed by atoms with E-state index in [4.69, 9.17) is 28.0 Å². The maximum Gasteiger partial charge on any atom is 0.142 e. The molecule has 0 aromatic heterocycles. The maximum atomic E-state index is 13.3. The van der Waals surface area contributed by atoms with E-state index in [2.05, 4.69) is 5.48 Å². The molecule has 0 spiro atoms. The highest BCUT2D eigenvalue weighted by Gasteiger charge is 2.17. The average Bonchev–Trinajstić information content (AvgIpc) is 2.19. The van der Waals surface area contributed by atoms with E-state index in [0.717, 1.165) is 0 Å². The van der Waals surface area contributed by atoms with Crippen LogP contribution in [0.25, 0.3) is 0 Å². The van der Waals surface area contributed by atoms with Crippen molar-refractivity contribution in [1.29, 1.82) is 0 Å². The normalized spacial score (nSPS) is 13.8. The molecule has 0 bridgehead atoms. The van der Waals surface area contributed by atoms with Gasteiger partial charge in [-0.25, -0.2) is 4.39 Å². The van der Waals surface area contributed by atoms with Gasteiger partial charge in [0.25, 0.3) is 0 Å². The van der Waals surface area contributed by atoms with Gasteiger partial charge in [-0.3, -0.25) is 4.84 Å². The largest absolute Gasteiger partial charge is 0.296 e. The van der Waals surface area contributed by atoms with Crippen LogP contribution in [0.5, 0.6) is 0 Å². The first kappa shape index (κ1) is 14.7. The minimum Gasteiger partial charge on any atom is -0.296 e. The topological polar surface area (TPSA) is 21.3 Å². The molecule has 2 nitrogen and oxygen atoms in total. The second kappa shape index (κ2) is 5.53. The zero-order chi connectivity index (χ0) is 13.2. The van der Waals surface area contributed by atoms with Gasteiger partial charge < -0.3 is 0 Å². The van der Waals surface area contributed by atoms with Crippen molar-refractivity contribution in [1.82, 2.24) is 5.48 Å². The van der Waals surface area contributed by atoms with Crippen molar-refractivity contribution in [2.75, 3.05) is 0 Å². The van der Waals surface area contributed by atoms with Crippen LogP contribution in [0.3, 0.4) is 0 Å². The predicted octanol–water partition coefficient (Wildman–Crippen LogP) is 4.51. The Morgan fingerprint density at radius 1 is 1.24 bits per heavy atom. The van der Waals surface area contributed by atoms with Crippen LogP contribution in [-0.4, -0.2) is 5.60 Å². The predicted molar refractivity (Wildman–Crippen MR) is 68.8 cm³/mol. The van der Waals surface area contributed by atoms with E-state index in [1.54, 1.807) is 0 Å². The monoisotopic (exact) mass is 279 g/mol. The average molecular weight is 280 g/mol. The Kier molecular flexibility index (Phi) is 4.78. The minimum atomic E-state index is -0.490. The summed E-state index contributed by atoms with van der Waals surface area (Å²) in [5.41, 5.74) is 3.11. The summed E-state index contributed by atoms with van der Waals surface area (Å²) in [5, 5.41) is 0.427. The molecule has 0 radical (unpaired) electrons. The summed E-state index contributed by atoms with van der Waals surface area (Å²) >= 11 is 11.6. The van der Waals surface area contributed by atoms with Crippen molar-refractivity contribution in [2.45, 2.75) is 39.3 Å². The van der Waals surface area contributed by atoms with Crippen LogP contribution >= 0.6 is 23.2 Å². The fourth-order valence-electron chi connectivity index (χ4n) is 1.20. The smallest absolute Gasteiger partial charge is 0.142 e. The Labute approximate surface area is 111 Å². The lowest BCUT2D eigenvalue weighted by molar-refractivity contribution is -0.0866. The molecule has 5 heteroatoms. The number of hydroxylamine groups is 1. The van der Waals surface area contributed by atoms with Crippen LogP contribution in [0.15, 0.2) is 12.1 Å². The molecule has 0 aliphatic carbocycles. The molecule has 0 heterocycles. The van der Waals surface area contributed by atoms with Crippen LogP contribution in [-0.2, 0) is 4.84 Å². The molecule has 0 amide bonds. The Morgan fingerprint density at radius 3 is 2.35 bits per heavy atom. The van der Waals surface area contributed by atoms with Crippen molar-refractivity contribution < 1.29 is 9.23 Å². The molecule has 1 rings (SSSR count). The van der Waals surface area contributed by atoms with E-state index in [9.17, 15) is 4.39 Å². The molecule has 0 aliphatic rings. The fourth-order valence-corrected chi connectivity index (χ4v) is 1.75. The lowest BCUT2D eigenvalue weighted by atomic mass is 10.1. The lowest BCUT2D eigenvalue weighted by Crippen LogP contribution is -2.31. The molecule has 0 saturated carbocycles. The van der Waals surface area contributed by atoms with Crippen molar-refractivity contribution in [3.05, 3.63) is 33.6 Å². The molecule has 1 aromatic rings. The van der Waals surface area contributed by atoms with Crippen molar-refractivity contribution in [3.63, 3.8) is 0 Å². The summed E-state index contributed by atoms with van der Waals surface area (Å²) in [6.07, 6.45) is 0. The van der Waals surface area contributed by atoms with E-state index in [1.807, 2.05) is 27.7 Å². The van der Waals surface area contributed by atoms with Gasteiger partial charge in [-0.05, 0) is 45.4 Å². The molecule has 0 fully saturated rings. The van der Waals surface area contributed by atoms with Crippen LogP contribution in [0, 0.1) is 5.82 Å². The van der Waals surface area contributed by atoms with E-state index in [0.29, 0.717) is 10.6 Å². The van der Waals surface area contributed by atoms with Crippen molar-refractivity contribution in [3.8, 4) is 0 Å². The van der Waals surface area contributed by atoms with Gasteiger partial charge >= 0.3 is 0 Å². The highest BCUT2D eigenvalue weighted by atomic mass is 35.5. The van der Waals surface area contributed by atoms with E-state index in [1.165, 1.54) is 12.1 Å². The van der Waals surface area contributed by atoms with Crippen molar-refractivity contribution in [2.24, 2.45) is 0 Å². The zero-order valence-corrected chi connectivity index (χ0v) is 11.8. The molecule has 1 aromatic carbocycles. The first-order valence-corrected chi connectivity index (χ1v) is 6.04. The number of hydrogen-bond acceptors (Lipinski definition) is 2. The third kappa shape index (κ3) is 4.43. The molecule has 1 unspecified atom stereocenters. The van der Waals surface area contributed by atoms with Crippen LogP contribution in [0.4, 0.5) is 4.39 Å². The molecular weight excluding hydrogens is 264 g/mol. The summed E-state index contributed by atoms with van der Waals surface area (Å²) in [6.45, 7) is 7.57. The highest BCUT2D eigenvalue weighted by Crippen LogP contribution is 2.28. The number of rotatable bonds is 3. The summed E-state index contributed by atoms with van der Waals surface area (Å²) in [4.78, 5) is 5.41. The van der Waals surface area contributed by atoms with Crippen LogP contribution < -0.4 is 5.48 Å². The second-order valence-corrected chi connectivity index (χ2v) is 5.66. The van der Waals surface area contributed by atoms with Crippen molar-refractivity contribution >= 4 is 23.2 Å². The molecule has 0 saturated heterocycles. The van der Waals surface area contributed by atoms with Gasteiger partial charge in [-0.15, -0.1) is 0 Å². The molecule has 17 heavy (non-hydrogen) atoms. The number of benzene rings is 1. The minimum absolute atomic E-state index is 0.0164. The fraction of sp³-hybridized carbons (Fsp3) is 0.500. The summed E-state index contributed by atoms with van der Waals surface area (Å²) in [6, 6.07) is 2.48. The molecular formula is C12H16Cl2FNO. The summed E-state index contributed by atoms with van der Waals surface area (Å²) in [7, 11) is 0. The van der Waals surface area contributed by atoms with Gasteiger partial charge in [0.2, 0.25) is 0 Å². The van der Waals surface area contributed by atoms with E-state index >= 15 is 0 Å². The Morgan fingerprint density at radius 2 is 1.82 bits per heavy atom. The second-order valence-electron chi connectivity index (χ2n) is 4.84. The maximum absolute atomic E-state index is 13.3. The Balaban J connectivity index is 2.82. The zero-order valence-electron chi connectivity index (χ0n) is 10.3. The molecule has 0 aliphatic heterocycles. The van der Waals surface area contributed by atoms with Crippen LogP contribution in [0.1, 0.15) is 39.3 Å². The first-order chi connectivity index (χ1) is 7.70. The Bertz CT molecular complexity index is 404. The van der Waals surface area contributed by atoms with Gasteiger partial charge in [0, 0.05) is 5.02 Å². The molecule has 96 valence electrons.